The fraction of sp³-hybridized carbons (Fsp3) is 0.812. The van der Waals surface area contributed by atoms with Crippen molar-refractivity contribution in [3.05, 3.63) is 48.6 Å². The van der Waals surface area contributed by atoms with Crippen molar-refractivity contribution in [1.29, 1.82) is 0 Å². The van der Waals surface area contributed by atoms with Crippen LogP contribution in [0.3, 0.4) is 0 Å². The average Bonchev–Trinajstić information content (AvgIpc) is 3.21. The van der Waals surface area contributed by atoms with E-state index < -0.39 is 39.2 Å². The Labute approximate surface area is 356 Å². The van der Waals surface area contributed by atoms with Gasteiger partial charge in [0.15, 0.2) is 0 Å². The van der Waals surface area contributed by atoms with Gasteiger partial charge in [0.1, 0.15) is 12.2 Å². The molecule has 340 valence electrons. The largest absolute Gasteiger partial charge is 0.472 e. The van der Waals surface area contributed by atoms with Crippen LogP contribution in [0.2, 0.25) is 0 Å². The molecular formula is C48H89O9P. The zero-order valence-electron chi connectivity index (χ0n) is 37.3. The lowest BCUT2D eigenvalue weighted by atomic mass is 10.0. The van der Waals surface area contributed by atoms with Crippen LogP contribution in [0.15, 0.2) is 48.6 Å². The molecule has 0 radical (unpaired) electrons. The molecule has 0 aromatic heterocycles. The lowest BCUT2D eigenvalue weighted by Gasteiger charge is -2.20. The van der Waals surface area contributed by atoms with Crippen LogP contribution in [0.25, 0.3) is 0 Å². The van der Waals surface area contributed by atoms with E-state index in [9.17, 15) is 19.4 Å². The molecule has 0 fully saturated rings. The van der Waals surface area contributed by atoms with E-state index in [1.54, 1.807) is 0 Å². The molecule has 0 spiro atoms. The number of carbonyl (C=O) groups is 1. The Bertz CT molecular complexity index is 1040. The Morgan fingerprint density at radius 1 is 0.552 bits per heavy atom. The van der Waals surface area contributed by atoms with Crippen LogP contribution < -0.4 is 0 Å². The maximum absolute atomic E-state index is 12.7. The SMILES string of the molecule is CC/C=C\C/C=C\C/C=C\C/C=C\CCCCCOCC(COP(=O)(O)OCC(O)CO)OC(=O)CCCCCCCCCCCCCCCCCCCCCCC. The minimum absolute atomic E-state index is 0.0289. The van der Waals surface area contributed by atoms with E-state index in [0.717, 1.165) is 70.6 Å². The summed E-state index contributed by atoms with van der Waals surface area (Å²) in [6.45, 7) is 3.35. The van der Waals surface area contributed by atoms with Gasteiger partial charge in [0.2, 0.25) is 0 Å². The highest BCUT2D eigenvalue weighted by atomic mass is 31.2. The summed E-state index contributed by atoms with van der Waals surface area (Å²) < 4.78 is 33.4. The molecule has 0 bridgehead atoms. The zero-order valence-corrected chi connectivity index (χ0v) is 38.2. The first-order chi connectivity index (χ1) is 28.3. The Morgan fingerprint density at radius 3 is 1.47 bits per heavy atom. The predicted molar refractivity (Wildman–Crippen MR) is 242 cm³/mol. The minimum atomic E-state index is -4.53. The third kappa shape index (κ3) is 44.0. The van der Waals surface area contributed by atoms with E-state index in [0.29, 0.717) is 6.61 Å². The molecule has 3 N–H and O–H groups in total. The van der Waals surface area contributed by atoms with Crippen molar-refractivity contribution < 1.29 is 43.0 Å². The third-order valence-corrected chi connectivity index (χ3v) is 11.0. The fourth-order valence-electron chi connectivity index (χ4n) is 6.47. The Hall–Kier alpha value is -1.58. The molecular weight excluding hydrogens is 751 g/mol. The standard InChI is InChI=1S/C48H89O9P/c1-3-5-7-9-11-13-15-17-19-21-22-23-24-25-26-28-30-32-34-36-38-40-48(51)57-47(45-56-58(52,53)55-43-46(50)42-49)44-54-41-39-37-35-33-31-29-27-20-18-16-14-12-10-8-6-4-2/h6,8,12,14,18,20,29,31,46-47,49-50H,3-5,7,9-11,13,15-17,19,21-28,30,32-45H2,1-2H3,(H,52,53)/b8-6-,14-12-,20-18-,31-29-. The third-order valence-electron chi connectivity index (χ3n) is 10.0. The summed E-state index contributed by atoms with van der Waals surface area (Å²) in [5.41, 5.74) is 0. The molecule has 0 heterocycles. The molecule has 0 aromatic rings. The van der Waals surface area contributed by atoms with Crippen molar-refractivity contribution in [1.82, 2.24) is 0 Å². The summed E-state index contributed by atoms with van der Waals surface area (Å²) in [5, 5.41) is 18.4. The maximum atomic E-state index is 12.7. The number of rotatable bonds is 45. The van der Waals surface area contributed by atoms with E-state index in [4.69, 9.17) is 23.6 Å². The highest BCUT2D eigenvalue weighted by Gasteiger charge is 2.26. The second-order valence-corrected chi connectivity index (χ2v) is 17.2. The molecule has 58 heavy (non-hydrogen) atoms. The van der Waals surface area contributed by atoms with Crippen LogP contribution in [0.4, 0.5) is 0 Å². The molecule has 0 amide bonds. The van der Waals surface area contributed by atoms with Gasteiger partial charge in [0.25, 0.3) is 0 Å². The molecule has 0 aliphatic carbocycles. The van der Waals surface area contributed by atoms with Gasteiger partial charge >= 0.3 is 13.8 Å². The van der Waals surface area contributed by atoms with Gasteiger partial charge in [-0.3, -0.25) is 13.8 Å². The lowest BCUT2D eigenvalue weighted by Crippen LogP contribution is -2.29. The second-order valence-electron chi connectivity index (χ2n) is 15.8. The Kier molecular flexibility index (Phi) is 43.7. The number of aliphatic hydroxyl groups excluding tert-OH is 2. The van der Waals surface area contributed by atoms with Gasteiger partial charge in [0, 0.05) is 13.0 Å². The van der Waals surface area contributed by atoms with E-state index >= 15 is 0 Å². The molecule has 3 atom stereocenters. The van der Waals surface area contributed by atoms with Gasteiger partial charge in [-0.25, -0.2) is 4.57 Å². The van der Waals surface area contributed by atoms with Crippen molar-refractivity contribution in [3.63, 3.8) is 0 Å². The van der Waals surface area contributed by atoms with E-state index in [1.165, 1.54) is 116 Å². The number of phosphoric acid groups is 1. The van der Waals surface area contributed by atoms with Crippen molar-refractivity contribution in [2.75, 3.05) is 33.0 Å². The van der Waals surface area contributed by atoms with Crippen LogP contribution in [0, 0.1) is 0 Å². The summed E-state index contributed by atoms with van der Waals surface area (Å²) in [7, 11) is -4.53. The number of hydrogen-bond donors (Lipinski definition) is 3. The molecule has 0 aromatic carbocycles. The van der Waals surface area contributed by atoms with Crippen molar-refractivity contribution in [3.8, 4) is 0 Å². The Morgan fingerprint density at radius 2 is 0.983 bits per heavy atom. The topological polar surface area (TPSA) is 132 Å². The Balaban J connectivity index is 4.13. The number of unbranched alkanes of at least 4 members (excludes halogenated alkanes) is 23. The van der Waals surface area contributed by atoms with Crippen LogP contribution in [0.1, 0.15) is 206 Å². The zero-order chi connectivity index (χ0) is 42.5. The first-order valence-electron chi connectivity index (χ1n) is 23.6. The van der Waals surface area contributed by atoms with Crippen LogP contribution >= 0.6 is 7.82 Å². The molecule has 0 aliphatic rings. The average molecular weight is 841 g/mol. The quantitative estimate of drug-likeness (QED) is 0.0237. The maximum Gasteiger partial charge on any atom is 0.472 e. The predicted octanol–water partition coefficient (Wildman–Crippen LogP) is 13.4. The number of phosphoric ester groups is 1. The van der Waals surface area contributed by atoms with Gasteiger partial charge in [-0.1, -0.05) is 197 Å². The number of aliphatic hydroxyl groups is 2. The van der Waals surface area contributed by atoms with Crippen molar-refractivity contribution >= 4 is 13.8 Å². The summed E-state index contributed by atoms with van der Waals surface area (Å²) in [5.74, 6) is -0.391. The number of allylic oxidation sites excluding steroid dienone is 8. The number of esters is 1. The molecule has 3 unspecified atom stereocenters. The van der Waals surface area contributed by atoms with Gasteiger partial charge in [-0.05, 0) is 51.4 Å². The van der Waals surface area contributed by atoms with Crippen LogP contribution in [0.5, 0.6) is 0 Å². The van der Waals surface area contributed by atoms with Crippen LogP contribution in [-0.2, 0) is 27.9 Å². The van der Waals surface area contributed by atoms with Gasteiger partial charge in [-0.2, -0.15) is 0 Å². The molecule has 0 saturated heterocycles. The number of ether oxygens (including phenoxy) is 2. The summed E-state index contributed by atoms with van der Waals surface area (Å²) in [6, 6.07) is 0. The highest BCUT2D eigenvalue weighted by molar-refractivity contribution is 7.47. The summed E-state index contributed by atoms with van der Waals surface area (Å²) >= 11 is 0. The van der Waals surface area contributed by atoms with Crippen molar-refractivity contribution in [2.24, 2.45) is 0 Å². The first kappa shape index (κ1) is 56.4. The lowest BCUT2D eigenvalue weighted by molar-refractivity contribution is -0.154. The molecule has 0 rings (SSSR count). The fourth-order valence-corrected chi connectivity index (χ4v) is 7.25. The molecule has 0 aliphatic heterocycles. The number of hydrogen-bond acceptors (Lipinski definition) is 8. The van der Waals surface area contributed by atoms with Gasteiger partial charge in [0.05, 0.1) is 26.4 Å². The second kappa shape index (κ2) is 45.0. The molecule has 10 heteroatoms. The summed E-state index contributed by atoms with van der Waals surface area (Å²) in [6.07, 6.45) is 50.8. The van der Waals surface area contributed by atoms with Gasteiger partial charge < -0.3 is 24.6 Å². The van der Waals surface area contributed by atoms with E-state index in [2.05, 4.69) is 62.5 Å². The minimum Gasteiger partial charge on any atom is -0.457 e. The number of carbonyl (C=O) groups excluding carboxylic acids is 1. The van der Waals surface area contributed by atoms with Gasteiger partial charge in [-0.15, -0.1) is 0 Å². The molecule has 0 saturated carbocycles. The van der Waals surface area contributed by atoms with Crippen molar-refractivity contribution in [2.45, 2.75) is 219 Å². The first-order valence-corrected chi connectivity index (χ1v) is 25.1. The van der Waals surface area contributed by atoms with Crippen LogP contribution in [-0.4, -0.2) is 66.3 Å². The summed E-state index contributed by atoms with van der Waals surface area (Å²) in [4.78, 5) is 22.6. The van der Waals surface area contributed by atoms with E-state index in [1.807, 2.05) is 0 Å². The normalized spacial score (nSPS) is 14.4. The molecule has 9 nitrogen and oxygen atoms in total. The smallest absolute Gasteiger partial charge is 0.457 e. The van der Waals surface area contributed by atoms with E-state index in [-0.39, 0.29) is 19.6 Å². The highest BCUT2D eigenvalue weighted by Crippen LogP contribution is 2.43. The monoisotopic (exact) mass is 841 g/mol.